The van der Waals surface area contributed by atoms with E-state index in [4.69, 9.17) is 18.5 Å². The van der Waals surface area contributed by atoms with Gasteiger partial charge in [0.15, 0.2) is 6.10 Å². The fourth-order valence-electron chi connectivity index (χ4n) is 8.49. The van der Waals surface area contributed by atoms with E-state index in [0.717, 1.165) is 38.5 Å². The molecule has 2 unspecified atom stereocenters. The zero-order chi connectivity index (χ0) is 47.8. The van der Waals surface area contributed by atoms with Gasteiger partial charge < -0.3 is 18.9 Å². The lowest BCUT2D eigenvalue weighted by atomic mass is 10.0. The normalized spacial score (nSPS) is 13.3. The van der Waals surface area contributed by atoms with Crippen molar-refractivity contribution >= 4 is 19.8 Å². The van der Waals surface area contributed by atoms with Crippen LogP contribution in [-0.4, -0.2) is 74.9 Å². The van der Waals surface area contributed by atoms with Gasteiger partial charge in [-0.25, -0.2) is 4.57 Å². The summed E-state index contributed by atoms with van der Waals surface area (Å²) in [4.78, 5) is 35.5. The van der Waals surface area contributed by atoms with Gasteiger partial charge in [0, 0.05) is 12.8 Å². The molecule has 9 nitrogen and oxygen atoms in total. The minimum Gasteiger partial charge on any atom is -0.462 e. The van der Waals surface area contributed by atoms with Crippen LogP contribution in [0.15, 0.2) is 0 Å². The van der Waals surface area contributed by atoms with E-state index in [1.165, 1.54) is 225 Å². The summed E-state index contributed by atoms with van der Waals surface area (Å²) in [6.07, 6.45) is 53.3. The molecular weight excluding hydrogens is 834 g/mol. The molecule has 0 aromatic rings. The molecule has 0 aliphatic rings. The fourth-order valence-corrected chi connectivity index (χ4v) is 9.23. The van der Waals surface area contributed by atoms with E-state index >= 15 is 0 Å². The van der Waals surface area contributed by atoms with Crippen LogP contribution in [0.4, 0.5) is 0 Å². The maximum Gasteiger partial charge on any atom is 0.472 e. The molecule has 0 fully saturated rings. The number of quaternary nitrogens is 1. The summed E-state index contributed by atoms with van der Waals surface area (Å²) in [6.45, 7) is 4.48. The van der Waals surface area contributed by atoms with Crippen LogP contribution in [0.5, 0.6) is 0 Å². The number of phosphoric ester groups is 1. The minimum atomic E-state index is -4.37. The number of carbonyl (C=O) groups is 2. The van der Waals surface area contributed by atoms with Gasteiger partial charge in [0.05, 0.1) is 27.7 Å². The Morgan fingerprint density at radius 3 is 0.985 bits per heavy atom. The highest BCUT2D eigenvalue weighted by atomic mass is 31.2. The zero-order valence-corrected chi connectivity index (χ0v) is 44.9. The van der Waals surface area contributed by atoms with Crippen LogP contribution in [-0.2, 0) is 32.7 Å². The van der Waals surface area contributed by atoms with Crippen molar-refractivity contribution in [3.63, 3.8) is 0 Å². The Morgan fingerprint density at radius 1 is 0.415 bits per heavy atom. The molecule has 0 spiro atoms. The van der Waals surface area contributed by atoms with Gasteiger partial charge in [0.25, 0.3) is 0 Å². The highest BCUT2D eigenvalue weighted by molar-refractivity contribution is 7.47. The number of likely N-dealkylation sites (N-methyl/N-ethyl adjacent to an activating group) is 1. The molecule has 0 rings (SSSR count). The van der Waals surface area contributed by atoms with E-state index in [9.17, 15) is 19.0 Å². The maximum atomic E-state index is 12.8. The van der Waals surface area contributed by atoms with Gasteiger partial charge in [-0.1, -0.05) is 264 Å². The van der Waals surface area contributed by atoms with E-state index in [2.05, 4.69) is 13.8 Å². The van der Waals surface area contributed by atoms with Crippen molar-refractivity contribution in [2.45, 2.75) is 296 Å². The second kappa shape index (κ2) is 48.1. The standard InChI is InChI=1S/C55H110NO8P/c1-6-8-10-12-14-16-18-20-21-22-23-24-25-26-27-28-29-30-31-32-33-34-35-36-38-40-42-44-46-48-55(58)64-53(52-63-65(59,60)62-50-49-56(3,4)5)51-61-54(57)47-45-43-41-39-37-19-17-15-13-11-9-7-2/h53H,6-52H2,1-5H3/p+1. The van der Waals surface area contributed by atoms with Crippen LogP contribution in [0.25, 0.3) is 0 Å². The summed E-state index contributed by atoms with van der Waals surface area (Å²) >= 11 is 0. The number of phosphoric acid groups is 1. The largest absolute Gasteiger partial charge is 0.472 e. The van der Waals surface area contributed by atoms with Crippen molar-refractivity contribution in [1.29, 1.82) is 0 Å². The van der Waals surface area contributed by atoms with E-state index < -0.39 is 26.5 Å². The molecule has 0 radical (unpaired) electrons. The smallest absolute Gasteiger partial charge is 0.462 e. The third-order valence-electron chi connectivity index (χ3n) is 12.9. The quantitative estimate of drug-likeness (QED) is 0.0278. The molecule has 0 saturated carbocycles. The highest BCUT2D eigenvalue weighted by Gasteiger charge is 2.27. The maximum absolute atomic E-state index is 12.8. The van der Waals surface area contributed by atoms with Gasteiger partial charge in [-0.15, -0.1) is 0 Å². The molecule has 0 aliphatic heterocycles. The lowest BCUT2D eigenvalue weighted by Gasteiger charge is -2.24. The Balaban J connectivity index is 3.99. The summed E-state index contributed by atoms with van der Waals surface area (Å²) in [7, 11) is 1.50. The number of esters is 2. The third-order valence-corrected chi connectivity index (χ3v) is 13.9. The molecule has 388 valence electrons. The first-order valence-corrected chi connectivity index (χ1v) is 29.8. The predicted octanol–water partition coefficient (Wildman–Crippen LogP) is 17.1. The highest BCUT2D eigenvalue weighted by Crippen LogP contribution is 2.43. The van der Waals surface area contributed by atoms with Crippen LogP contribution in [0.1, 0.15) is 290 Å². The molecule has 0 saturated heterocycles. The second-order valence-corrected chi connectivity index (χ2v) is 22.1. The number of hydrogen-bond donors (Lipinski definition) is 1. The topological polar surface area (TPSA) is 108 Å². The Hall–Kier alpha value is -0.990. The average molecular weight is 945 g/mol. The number of nitrogens with zero attached hydrogens (tertiary/aromatic N) is 1. The second-order valence-electron chi connectivity index (χ2n) is 20.7. The Bertz CT molecular complexity index is 1070. The zero-order valence-electron chi connectivity index (χ0n) is 44.0. The van der Waals surface area contributed by atoms with Gasteiger partial charge >= 0.3 is 19.8 Å². The Kier molecular flexibility index (Phi) is 47.3. The monoisotopic (exact) mass is 945 g/mol. The Labute approximate surface area is 404 Å². The van der Waals surface area contributed by atoms with Crippen molar-refractivity contribution in [1.82, 2.24) is 0 Å². The minimum absolute atomic E-state index is 0.0371. The van der Waals surface area contributed by atoms with Gasteiger partial charge in [0.1, 0.15) is 19.8 Å². The van der Waals surface area contributed by atoms with Gasteiger partial charge in [-0.2, -0.15) is 0 Å². The van der Waals surface area contributed by atoms with Crippen molar-refractivity contribution in [2.75, 3.05) is 47.5 Å². The van der Waals surface area contributed by atoms with E-state index in [1.807, 2.05) is 21.1 Å². The van der Waals surface area contributed by atoms with E-state index in [-0.39, 0.29) is 25.6 Å². The van der Waals surface area contributed by atoms with Crippen molar-refractivity contribution in [3.05, 3.63) is 0 Å². The Morgan fingerprint density at radius 2 is 0.692 bits per heavy atom. The number of unbranched alkanes of at least 4 members (excludes halogenated alkanes) is 39. The van der Waals surface area contributed by atoms with Gasteiger partial charge in [0.2, 0.25) is 0 Å². The van der Waals surface area contributed by atoms with E-state index in [0.29, 0.717) is 17.4 Å². The lowest BCUT2D eigenvalue weighted by molar-refractivity contribution is -0.870. The molecule has 0 aromatic carbocycles. The van der Waals surface area contributed by atoms with Crippen LogP contribution in [0.3, 0.4) is 0 Å². The van der Waals surface area contributed by atoms with Crippen LogP contribution >= 0.6 is 7.82 Å². The van der Waals surface area contributed by atoms with Crippen molar-refractivity contribution in [3.8, 4) is 0 Å². The molecule has 2 atom stereocenters. The van der Waals surface area contributed by atoms with Crippen molar-refractivity contribution < 1.29 is 42.1 Å². The van der Waals surface area contributed by atoms with Crippen LogP contribution in [0.2, 0.25) is 0 Å². The third kappa shape index (κ3) is 52.2. The molecular formula is C55H111NO8P+. The molecule has 1 N–H and O–H groups in total. The molecule has 10 heteroatoms. The van der Waals surface area contributed by atoms with Gasteiger partial charge in [-0.05, 0) is 12.8 Å². The lowest BCUT2D eigenvalue weighted by Crippen LogP contribution is -2.37. The predicted molar refractivity (Wildman–Crippen MR) is 275 cm³/mol. The molecule has 0 bridgehead atoms. The SMILES string of the molecule is CCCCCCCCCCCCCCCCCCCCCCCCCCCCCCCC(=O)OC(COC(=O)CCCCCCCCCCCCCC)COP(=O)(O)OCC[N+](C)(C)C. The molecule has 65 heavy (non-hydrogen) atoms. The average Bonchev–Trinajstić information content (AvgIpc) is 3.26. The molecule has 0 amide bonds. The summed E-state index contributed by atoms with van der Waals surface area (Å²) in [5.74, 6) is -0.778. The number of rotatable bonds is 53. The number of hydrogen-bond acceptors (Lipinski definition) is 7. The molecule has 0 heterocycles. The summed E-state index contributed by atoms with van der Waals surface area (Å²) in [5.41, 5.74) is 0. The van der Waals surface area contributed by atoms with Gasteiger partial charge in [-0.3, -0.25) is 18.6 Å². The summed E-state index contributed by atoms with van der Waals surface area (Å²) < 4.78 is 34.5. The fraction of sp³-hybridized carbons (Fsp3) is 0.964. The number of ether oxygens (including phenoxy) is 2. The summed E-state index contributed by atoms with van der Waals surface area (Å²) in [5, 5.41) is 0. The van der Waals surface area contributed by atoms with E-state index in [1.54, 1.807) is 0 Å². The first-order valence-electron chi connectivity index (χ1n) is 28.3. The van der Waals surface area contributed by atoms with Crippen LogP contribution < -0.4 is 0 Å². The van der Waals surface area contributed by atoms with Crippen molar-refractivity contribution in [2.24, 2.45) is 0 Å². The molecule has 0 aromatic heterocycles. The summed E-state index contributed by atoms with van der Waals surface area (Å²) in [6, 6.07) is 0. The first-order chi connectivity index (χ1) is 31.5. The number of carbonyl (C=O) groups excluding carboxylic acids is 2. The first kappa shape index (κ1) is 64.0. The van der Waals surface area contributed by atoms with Crippen LogP contribution in [0, 0.1) is 0 Å². The molecule has 0 aliphatic carbocycles.